The predicted molar refractivity (Wildman–Crippen MR) is 52.2 cm³/mol. The Labute approximate surface area is 77.8 Å². The maximum absolute atomic E-state index is 11.5. The van der Waals surface area contributed by atoms with E-state index in [0.29, 0.717) is 5.57 Å². The molecule has 2 nitrogen and oxygen atoms in total. The zero-order chi connectivity index (χ0) is 9.84. The van der Waals surface area contributed by atoms with Gasteiger partial charge in [-0.3, -0.25) is 0 Å². The van der Waals surface area contributed by atoms with E-state index < -0.39 is 0 Å². The standard InChI is InChI=1S/C11H12NO/c1-4-10-7-5-6-8-12(10)11(13)9(2)3/h4-8H,1-2H2,3H3/q+1. The van der Waals surface area contributed by atoms with E-state index in [9.17, 15) is 4.79 Å². The van der Waals surface area contributed by atoms with Gasteiger partial charge in [0.2, 0.25) is 5.69 Å². The molecule has 0 aliphatic rings. The van der Waals surface area contributed by atoms with Gasteiger partial charge in [-0.1, -0.05) is 13.2 Å². The van der Waals surface area contributed by atoms with Crippen LogP contribution in [0.5, 0.6) is 0 Å². The van der Waals surface area contributed by atoms with Crippen molar-refractivity contribution in [1.82, 2.24) is 0 Å². The van der Waals surface area contributed by atoms with Crippen molar-refractivity contribution >= 4 is 12.0 Å². The number of hydrogen-bond acceptors (Lipinski definition) is 1. The lowest BCUT2D eigenvalue weighted by Crippen LogP contribution is -2.44. The fourth-order valence-electron chi connectivity index (χ4n) is 1.01. The normalized spacial score (nSPS) is 9.31. The van der Waals surface area contributed by atoms with E-state index >= 15 is 0 Å². The average molecular weight is 174 g/mol. The molecule has 0 bridgehead atoms. The molecule has 1 heterocycles. The first-order valence-corrected chi connectivity index (χ1v) is 4.00. The molecular weight excluding hydrogens is 162 g/mol. The second-order valence-corrected chi connectivity index (χ2v) is 2.79. The van der Waals surface area contributed by atoms with Crippen molar-refractivity contribution in [3.8, 4) is 0 Å². The van der Waals surface area contributed by atoms with Gasteiger partial charge < -0.3 is 0 Å². The zero-order valence-electron chi connectivity index (χ0n) is 7.66. The first-order valence-electron chi connectivity index (χ1n) is 4.00. The van der Waals surface area contributed by atoms with Gasteiger partial charge in [-0.2, -0.15) is 0 Å². The van der Waals surface area contributed by atoms with Crippen LogP contribution in [-0.2, 0) is 0 Å². The molecule has 0 aliphatic carbocycles. The van der Waals surface area contributed by atoms with Crippen LogP contribution in [0, 0.1) is 0 Å². The van der Waals surface area contributed by atoms with Gasteiger partial charge in [0.05, 0.1) is 5.57 Å². The van der Waals surface area contributed by atoms with Crippen LogP contribution in [0.4, 0.5) is 0 Å². The quantitative estimate of drug-likeness (QED) is 0.495. The molecule has 0 N–H and O–H groups in total. The molecule has 0 saturated heterocycles. The van der Waals surface area contributed by atoms with Gasteiger partial charge in [-0.15, -0.1) is 4.57 Å². The average Bonchev–Trinajstić information content (AvgIpc) is 2.16. The molecule has 0 radical (unpaired) electrons. The van der Waals surface area contributed by atoms with E-state index in [1.54, 1.807) is 25.3 Å². The Morgan fingerprint density at radius 1 is 1.54 bits per heavy atom. The van der Waals surface area contributed by atoms with Crippen LogP contribution in [-0.4, -0.2) is 5.91 Å². The highest BCUT2D eigenvalue weighted by Crippen LogP contribution is 1.95. The second-order valence-electron chi connectivity index (χ2n) is 2.79. The molecule has 0 fully saturated rings. The van der Waals surface area contributed by atoms with Crippen LogP contribution >= 0.6 is 0 Å². The highest BCUT2D eigenvalue weighted by Gasteiger charge is 2.17. The van der Waals surface area contributed by atoms with Gasteiger partial charge in [-0.05, 0) is 13.0 Å². The number of pyridine rings is 1. The molecule has 66 valence electrons. The minimum atomic E-state index is -0.101. The molecule has 13 heavy (non-hydrogen) atoms. The summed E-state index contributed by atoms with van der Waals surface area (Å²) in [6.07, 6.45) is 3.34. The predicted octanol–water partition coefficient (Wildman–Crippen LogP) is 1.83. The molecule has 2 heteroatoms. The van der Waals surface area contributed by atoms with Crippen LogP contribution < -0.4 is 4.57 Å². The molecule has 0 aromatic carbocycles. The number of carbonyl (C=O) groups excluding carboxylic acids is 1. The van der Waals surface area contributed by atoms with Crippen molar-refractivity contribution in [2.24, 2.45) is 0 Å². The molecule has 0 unspecified atom stereocenters. The fraction of sp³-hybridized carbons (Fsp3) is 0.0909. The topological polar surface area (TPSA) is 20.9 Å². The van der Waals surface area contributed by atoms with Crippen LogP contribution in [0.25, 0.3) is 6.08 Å². The molecule has 1 aromatic rings. The number of nitrogens with zero attached hydrogens (tertiary/aromatic N) is 1. The summed E-state index contributed by atoms with van der Waals surface area (Å²) in [6, 6.07) is 5.49. The fourth-order valence-corrected chi connectivity index (χ4v) is 1.01. The second kappa shape index (κ2) is 3.81. The molecule has 0 amide bonds. The van der Waals surface area contributed by atoms with E-state index in [1.807, 2.05) is 12.1 Å². The van der Waals surface area contributed by atoms with E-state index in [-0.39, 0.29) is 5.91 Å². The van der Waals surface area contributed by atoms with Crippen molar-refractivity contribution in [3.05, 3.63) is 48.8 Å². The van der Waals surface area contributed by atoms with Gasteiger partial charge in [-0.25, -0.2) is 4.79 Å². The Morgan fingerprint density at radius 3 is 2.77 bits per heavy atom. The molecule has 1 aromatic heterocycles. The third-order valence-corrected chi connectivity index (χ3v) is 1.68. The van der Waals surface area contributed by atoms with Crippen molar-refractivity contribution in [2.75, 3.05) is 0 Å². The van der Waals surface area contributed by atoms with Crippen molar-refractivity contribution in [3.63, 3.8) is 0 Å². The number of allylic oxidation sites excluding steroid dienone is 1. The SMILES string of the molecule is C=Cc1cccc[n+]1C(=O)C(=C)C. The lowest BCUT2D eigenvalue weighted by atomic mass is 10.2. The first-order chi connectivity index (χ1) is 6.16. The summed E-state index contributed by atoms with van der Waals surface area (Å²) in [7, 11) is 0. The third-order valence-electron chi connectivity index (χ3n) is 1.68. The highest BCUT2D eigenvalue weighted by molar-refractivity contribution is 5.85. The van der Waals surface area contributed by atoms with Gasteiger partial charge >= 0.3 is 5.91 Å². The van der Waals surface area contributed by atoms with Crippen LogP contribution in [0.2, 0.25) is 0 Å². The molecule has 1 rings (SSSR count). The lowest BCUT2D eigenvalue weighted by Gasteiger charge is -1.95. The Kier molecular flexibility index (Phi) is 2.75. The molecule has 0 aliphatic heterocycles. The van der Waals surface area contributed by atoms with E-state index in [4.69, 9.17) is 0 Å². The minimum absolute atomic E-state index is 0.101. The molecular formula is C11H12NO+. The summed E-state index contributed by atoms with van der Waals surface area (Å²) in [5.74, 6) is -0.101. The number of hydrogen-bond donors (Lipinski definition) is 0. The summed E-state index contributed by atoms with van der Waals surface area (Å²) in [4.78, 5) is 11.5. The van der Waals surface area contributed by atoms with Crippen molar-refractivity contribution < 1.29 is 9.36 Å². The van der Waals surface area contributed by atoms with Crippen LogP contribution in [0.1, 0.15) is 17.4 Å². The zero-order valence-corrected chi connectivity index (χ0v) is 7.66. The van der Waals surface area contributed by atoms with Crippen LogP contribution in [0.15, 0.2) is 43.1 Å². The van der Waals surface area contributed by atoms with Crippen molar-refractivity contribution in [2.45, 2.75) is 6.92 Å². The Hall–Kier alpha value is -1.70. The summed E-state index contributed by atoms with van der Waals surface area (Å²) >= 11 is 0. The monoisotopic (exact) mass is 174 g/mol. The lowest BCUT2D eigenvalue weighted by molar-refractivity contribution is -0.572. The number of carbonyl (C=O) groups is 1. The molecule has 0 spiro atoms. The third kappa shape index (κ3) is 1.90. The van der Waals surface area contributed by atoms with E-state index in [1.165, 1.54) is 4.57 Å². The number of aromatic nitrogens is 1. The molecule has 0 saturated carbocycles. The van der Waals surface area contributed by atoms with E-state index in [0.717, 1.165) is 5.69 Å². The highest BCUT2D eigenvalue weighted by atomic mass is 16.2. The number of rotatable bonds is 2. The largest absolute Gasteiger partial charge is 0.420 e. The van der Waals surface area contributed by atoms with E-state index in [2.05, 4.69) is 13.2 Å². The van der Waals surface area contributed by atoms with Gasteiger partial charge in [0, 0.05) is 18.2 Å². The Morgan fingerprint density at radius 2 is 2.23 bits per heavy atom. The maximum atomic E-state index is 11.5. The van der Waals surface area contributed by atoms with Gasteiger partial charge in [0.25, 0.3) is 0 Å². The van der Waals surface area contributed by atoms with Gasteiger partial charge in [0.1, 0.15) is 0 Å². The summed E-state index contributed by atoms with van der Waals surface area (Å²) in [6.45, 7) is 8.92. The molecule has 0 atom stereocenters. The van der Waals surface area contributed by atoms with Crippen molar-refractivity contribution in [1.29, 1.82) is 0 Å². The summed E-state index contributed by atoms with van der Waals surface area (Å²) in [5, 5.41) is 0. The first kappa shape index (κ1) is 9.39. The Bertz CT molecular complexity index is 366. The maximum Gasteiger partial charge on any atom is 0.420 e. The summed E-state index contributed by atoms with van der Waals surface area (Å²) < 4.78 is 1.52. The Balaban J connectivity index is 3.20. The van der Waals surface area contributed by atoms with Crippen LogP contribution in [0.3, 0.4) is 0 Å². The van der Waals surface area contributed by atoms with Gasteiger partial charge in [0.15, 0.2) is 6.20 Å². The minimum Gasteiger partial charge on any atom is -0.214 e. The smallest absolute Gasteiger partial charge is 0.214 e. The summed E-state index contributed by atoms with van der Waals surface area (Å²) in [5.41, 5.74) is 1.29.